The molecule has 14 unspecified atom stereocenters. The molecule has 16 nitrogen and oxygen atoms in total. The van der Waals surface area contributed by atoms with Crippen molar-refractivity contribution in [3.8, 4) is 0 Å². The molecule has 3 aliphatic rings. The van der Waals surface area contributed by atoms with Crippen molar-refractivity contribution in [2.75, 3.05) is 13.2 Å². The van der Waals surface area contributed by atoms with Crippen LogP contribution in [0.1, 0.15) is 0 Å². The van der Waals surface area contributed by atoms with E-state index >= 15 is 0 Å². The van der Waals surface area contributed by atoms with Crippen LogP contribution in [0.3, 0.4) is 0 Å². The zero-order valence-electron chi connectivity index (χ0n) is 17.7. The van der Waals surface area contributed by atoms with Crippen LogP contribution >= 0.6 is 0 Å². The minimum Gasteiger partial charge on any atom is -0.394 e. The summed E-state index contributed by atoms with van der Waals surface area (Å²) in [7, 11) is 0. The van der Waals surface area contributed by atoms with Gasteiger partial charge >= 0.3 is 0 Å². The molecule has 12 N–H and O–H groups in total. The Balaban J connectivity index is 1.67. The molecule has 2 aliphatic heterocycles. The molecule has 2 heterocycles. The Morgan fingerprint density at radius 2 is 0.882 bits per heavy atom. The average molecular weight is 504 g/mol. The quantitative estimate of drug-likeness (QED) is 0.160. The van der Waals surface area contributed by atoms with Crippen LogP contribution in [0.2, 0.25) is 0 Å². The highest BCUT2D eigenvalue weighted by atomic mass is 16.7. The topological polar surface area (TPSA) is 280 Å². The Labute approximate surface area is 192 Å². The molecule has 3 fully saturated rings. The normalized spacial score (nSPS) is 54.7. The molecule has 0 aromatic carbocycles. The molecule has 34 heavy (non-hydrogen) atoms. The summed E-state index contributed by atoms with van der Waals surface area (Å²) in [6, 6.07) is 0. The molecule has 3 rings (SSSR count). The van der Waals surface area contributed by atoms with Crippen LogP contribution in [-0.4, -0.2) is 173 Å². The van der Waals surface area contributed by atoms with Crippen LogP contribution in [0.15, 0.2) is 0 Å². The molecule has 0 bridgehead atoms. The predicted molar refractivity (Wildman–Crippen MR) is 101 cm³/mol. The van der Waals surface area contributed by atoms with Gasteiger partial charge in [0.05, 0.1) is 13.2 Å². The van der Waals surface area contributed by atoms with Gasteiger partial charge in [-0.25, -0.2) is 0 Å². The molecule has 0 aromatic heterocycles. The van der Waals surface area contributed by atoms with Gasteiger partial charge in [0.25, 0.3) is 0 Å². The van der Waals surface area contributed by atoms with E-state index in [4.69, 9.17) is 18.9 Å². The van der Waals surface area contributed by atoms with Crippen LogP contribution in [0.5, 0.6) is 0 Å². The highest BCUT2D eigenvalue weighted by Crippen LogP contribution is 2.30. The van der Waals surface area contributed by atoms with E-state index in [0.29, 0.717) is 0 Å². The van der Waals surface area contributed by atoms with Gasteiger partial charge in [-0.3, -0.25) is 0 Å². The van der Waals surface area contributed by atoms with Crippen LogP contribution in [0, 0.1) is 0 Å². The van der Waals surface area contributed by atoms with Gasteiger partial charge in [-0.05, 0) is 0 Å². The largest absolute Gasteiger partial charge is 0.394 e. The molecule has 0 aromatic rings. The molecule has 1 aliphatic carbocycles. The molecular weight excluding hydrogens is 472 g/mol. The van der Waals surface area contributed by atoms with Crippen molar-refractivity contribution in [1.82, 2.24) is 0 Å². The third kappa shape index (κ3) is 5.23. The maximum Gasteiger partial charge on any atom is 0.187 e. The third-order valence-electron chi connectivity index (χ3n) is 6.31. The molecule has 14 atom stereocenters. The summed E-state index contributed by atoms with van der Waals surface area (Å²) in [6.07, 6.45) is -28.3. The van der Waals surface area contributed by atoms with Crippen LogP contribution in [-0.2, 0) is 18.9 Å². The molecule has 0 spiro atoms. The number of ether oxygens (including phenoxy) is 4. The van der Waals surface area contributed by atoms with Crippen LogP contribution < -0.4 is 0 Å². The minimum absolute atomic E-state index is 0.646. The maximum absolute atomic E-state index is 10.2. The van der Waals surface area contributed by atoms with Crippen LogP contribution in [0.25, 0.3) is 0 Å². The second kappa shape index (κ2) is 11.2. The number of hydrogen-bond acceptors (Lipinski definition) is 16. The summed E-state index contributed by atoms with van der Waals surface area (Å²) in [6.45, 7) is -1.36. The third-order valence-corrected chi connectivity index (χ3v) is 6.31. The zero-order valence-corrected chi connectivity index (χ0v) is 17.7. The summed E-state index contributed by atoms with van der Waals surface area (Å²) >= 11 is 0. The van der Waals surface area contributed by atoms with E-state index in [9.17, 15) is 61.3 Å². The molecule has 0 amide bonds. The van der Waals surface area contributed by atoms with Crippen molar-refractivity contribution in [2.24, 2.45) is 0 Å². The number of aliphatic hydroxyl groups excluding tert-OH is 12. The molecule has 16 heteroatoms. The number of aliphatic hydroxyl groups is 12. The van der Waals surface area contributed by atoms with E-state index in [1.54, 1.807) is 0 Å². The van der Waals surface area contributed by atoms with Gasteiger partial charge in [0.15, 0.2) is 12.6 Å². The average Bonchev–Trinajstić information content (AvgIpc) is 2.82. The lowest BCUT2D eigenvalue weighted by Gasteiger charge is -2.46. The van der Waals surface area contributed by atoms with Gasteiger partial charge < -0.3 is 80.2 Å². The highest BCUT2D eigenvalue weighted by molar-refractivity contribution is 5.00. The second-order valence-electron chi connectivity index (χ2n) is 8.60. The Kier molecular flexibility index (Phi) is 9.18. The second-order valence-corrected chi connectivity index (χ2v) is 8.60. The van der Waals surface area contributed by atoms with E-state index in [0.717, 1.165) is 0 Å². The molecule has 0 radical (unpaired) electrons. The fraction of sp³-hybridized carbons (Fsp3) is 1.00. The van der Waals surface area contributed by atoms with Crippen molar-refractivity contribution in [2.45, 2.75) is 98.0 Å². The first-order chi connectivity index (χ1) is 15.9. The van der Waals surface area contributed by atoms with E-state index in [1.807, 2.05) is 0 Å². The predicted octanol–water partition coefficient (Wildman–Crippen LogP) is -8.19. The lowest BCUT2D eigenvalue weighted by atomic mass is 9.84. The lowest BCUT2D eigenvalue weighted by Crippen LogP contribution is -2.67. The Bertz CT molecular complexity index is 637. The SMILES string of the molecule is OCC1OC(OCC2OC(OC3C(O)C(O)C(O)C(O)C3O)C(O)C(O)C2O)C(O)C(O)C1O. The lowest BCUT2D eigenvalue weighted by molar-refractivity contribution is -0.351. The van der Waals surface area contributed by atoms with Gasteiger partial charge in [0.2, 0.25) is 0 Å². The Morgan fingerprint density at radius 1 is 0.471 bits per heavy atom. The van der Waals surface area contributed by atoms with Crippen molar-refractivity contribution in [1.29, 1.82) is 0 Å². The zero-order chi connectivity index (χ0) is 25.5. The fourth-order valence-corrected chi connectivity index (χ4v) is 4.07. The van der Waals surface area contributed by atoms with E-state index in [2.05, 4.69) is 0 Å². The summed E-state index contributed by atoms with van der Waals surface area (Å²) in [4.78, 5) is 0. The van der Waals surface area contributed by atoms with Gasteiger partial charge in [0, 0.05) is 0 Å². The summed E-state index contributed by atoms with van der Waals surface area (Å²) in [5.74, 6) is 0. The Morgan fingerprint density at radius 3 is 1.41 bits per heavy atom. The first-order valence-electron chi connectivity index (χ1n) is 10.6. The van der Waals surface area contributed by atoms with Crippen LogP contribution in [0.4, 0.5) is 0 Å². The van der Waals surface area contributed by atoms with E-state index in [-0.39, 0.29) is 0 Å². The number of hydrogen-bond donors (Lipinski definition) is 12. The van der Waals surface area contributed by atoms with Crippen molar-refractivity contribution < 1.29 is 80.2 Å². The molecule has 2 saturated heterocycles. The highest BCUT2D eigenvalue weighted by Gasteiger charge is 2.53. The molecular formula is C18H32O16. The van der Waals surface area contributed by atoms with Crippen molar-refractivity contribution >= 4 is 0 Å². The van der Waals surface area contributed by atoms with Gasteiger partial charge in [-0.2, -0.15) is 0 Å². The molecule has 200 valence electrons. The minimum atomic E-state index is -1.93. The van der Waals surface area contributed by atoms with Crippen molar-refractivity contribution in [3.63, 3.8) is 0 Å². The first kappa shape index (κ1) is 27.9. The Hall–Kier alpha value is -0.640. The smallest absolute Gasteiger partial charge is 0.187 e. The van der Waals surface area contributed by atoms with E-state index in [1.165, 1.54) is 0 Å². The summed E-state index contributed by atoms with van der Waals surface area (Å²) < 4.78 is 21.0. The van der Waals surface area contributed by atoms with Gasteiger partial charge in [0.1, 0.15) is 85.5 Å². The number of rotatable bonds is 6. The van der Waals surface area contributed by atoms with Crippen molar-refractivity contribution in [3.05, 3.63) is 0 Å². The molecule has 1 saturated carbocycles. The summed E-state index contributed by atoms with van der Waals surface area (Å²) in [5.41, 5.74) is 0. The first-order valence-corrected chi connectivity index (χ1v) is 10.6. The van der Waals surface area contributed by atoms with Gasteiger partial charge in [-0.15, -0.1) is 0 Å². The van der Waals surface area contributed by atoms with E-state index < -0.39 is 111 Å². The summed E-state index contributed by atoms with van der Waals surface area (Å²) in [5, 5.41) is 119. The fourth-order valence-electron chi connectivity index (χ4n) is 4.07. The standard InChI is InChI=1S/C18H32O16/c19-1-3-5(20)7(22)14(29)17(32-3)31-2-4-6(21)8(23)15(30)18(33-4)34-16-12(27)10(25)9(24)11(26)13(16)28/h3-30H,1-2H2. The monoisotopic (exact) mass is 504 g/mol. The maximum atomic E-state index is 10.2. The van der Waals surface area contributed by atoms with Gasteiger partial charge in [-0.1, -0.05) is 0 Å².